The second kappa shape index (κ2) is 4.92. The SMILES string of the molecule is Clc1ccc(Cl)c(N2CCNC3(CCCC3)C2)c1. The van der Waals surface area contributed by atoms with Crippen molar-refractivity contribution < 1.29 is 0 Å². The van der Waals surface area contributed by atoms with Crippen molar-refractivity contribution in [1.29, 1.82) is 0 Å². The summed E-state index contributed by atoms with van der Waals surface area (Å²) in [5.41, 5.74) is 1.39. The Bertz CT molecular complexity index is 441. The van der Waals surface area contributed by atoms with Crippen molar-refractivity contribution >= 4 is 28.9 Å². The zero-order valence-corrected chi connectivity index (χ0v) is 11.9. The van der Waals surface area contributed by atoms with Crippen LogP contribution in [0.3, 0.4) is 0 Å². The monoisotopic (exact) mass is 284 g/mol. The van der Waals surface area contributed by atoms with E-state index in [-0.39, 0.29) is 0 Å². The van der Waals surface area contributed by atoms with E-state index >= 15 is 0 Å². The molecule has 0 aromatic heterocycles. The van der Waals surface area contributed by atoms with Crippen molar-refractivity contribution in [3.63, 3.8) is 0 Å². The molecule has 1 saturated heterocycles. The lowest BCUT2D eigenvalue weighted by molar-refractivity contribution is 0.304. The highest BCUT2D eigenvalue weighted by atomic mass is 35.5. The number of nitrogens with one attached hydrogen (secondary N) is 1. The number of nitrogens with zero attached hydrogens (tertiary/aromatic N) is 1. The Hall–Kier alpha value is -0.440. The van der Waals surface area contributed by atoms with Crippen molar-refractivity contribution in [3.05, 3.63) is 28.2 Å². The lowest BCUT2D eigenvalue weighted by Gasteiger charge is -2.43. The summed E-state index contributed by atoms with van der Waals surface area (Å²) in [6.45, 7) is 3.08. The zero-order chi connectivity index (χ0) is 12.6. The molecule has 2 aliphatic rings. The van der Waals surface area contributed by atoms with Crippen LogP contribution in [-0.4, -0.2) is 25.2 Å². The average Bonchev–Trinajstić information content (AvgIpc) is 2.80. The van der Waals surface area contributed by atoms with Gasteiger partial charge in [0.05, 0.1) is 10.7 Å². The van der Waals surface area contributed by atoms with Gasteiger partial charge in [0.15, 0.2) is 0 Å². The second-order valence-electron chi connectivity index (χ2n) is 5.43. The van der Waals surface area contributed by atoms with Gasteiger partial charge in [-0.1, -0.05) is 36.0 Å². The van der Waals surface area contributed by atoms with Gasteiger partial charge in [-0.3, -0.25) is 0 Å². The molecule has 1 aromatic carbocycles. The van der Waals surface area contributed by atoms with E-state index in [1.54, 1.807) is 0 Å². The van der Waals surface area contributed by atoms with E-state index < -0.39 is 0 Å². The molecule has 1 aliphatic heterocycles. The number of piperazine rings is 1. The first-order valence-electron chi connectivity index (χ1n) is 6.64. The maximum Gasteiger partial charge on any atom is 0.0640 e. The Balaban J connectivity index is 1.85. The van der Waals surface area contributed by atoms with Gasteiger partial charge in [-0.15, -0.1) is 0 Å². The van der Waals surface area contributed by atoms with Gasteiger partial charge in [-0.25, -0.2) is 0 Å². The highest BCUT2D eigenvalue weighted by Crippen LogP contribution is 2.36. The molecule has 2 nitrogen and oxygen atoms in total. The zero-order valence-electron chi connectivity index (χ0n) is 10.4. The first-order chi connectivity index (χ1) is 8.69. The standard InChI is InChI=1S/C14H18Cl2N2/c15-11-3-4-12(16)13(9-11)18-8-7-17-14(10-18)5-1-2-6-14/h3-4,9,17H,1-2,5-8,10H2. The van der Waals surface area contributed by atoms with Crippen LogP contribution in [0, 0.1) is 0 Å². The van der Waals surface area contributed by atoms with E-state index in [2.05, 4.69) is 10.2 Å². The van der Waals surface area contributed by atoms with Gasteiger partial charge in [-0.2, -0.15) is 0 Å². The Labute approximate surface area is 118 Å². The predicted octanol–water partition coefficient (Wildman–Crippen LogP) is 3.72. The fraction of sp³-hybridized carbons (Fsp3) is 0.571. The molecule has 18 heavy (non-hydrogen) atoms. The molecule has 0 radical (unpaired) electrons. The molecule has 3 rings (SSSR count). The van der Waals surface area contributed by atoms with Gasteiger partial charge in [0.1, 0.15) is 0 Å². The molecule has 0 amide bonds. The van der Waals surface area contributed by atoms with Gasteiger partial charge >= 0.3 is 0 Å². The van der Waals surface area contributed by atoms with Gasteiger partial charge in [-0.05, 0) is 31.0 Å². The number of benzene rings is 1. The molecule has 1 aromatic rings. The van der Waals surface area contributed by atoms with E-state index in [1.165, 1.54) is 25.7 Å². The fourth-order valence-electron chi connectivity index (χ4n) is 3.28. The van der Waals surface area contributed by atoms with Gasteiger partial charge in [0.2, 0.25) is 0 Å². The molecule has 0 bridgehead atoms. The third kappa shape index (κ3) is 2.34. The maximum absolute atomic E-state index is 6.30. The lowest BCUT2D eigenvalue weighted by Crippen LogP contribution is -2.59. The first kappa shape index (κ1) is 12.6. The third-order valence-corrected chi connectivity index (χ3v) is 4.74. The summed E-state index contributed by atoms with van der Waals surface area (Å²) < 4.78 is 0. The number of halogens is 2. The molecule has 1 N–H and O–H groups in total. The molecule has 2 fully saturated rings. The summed E-state index contributed by atoms with van der Waals surface area (Å²) in [6, 6.07) is 5.72. The van der Waals surface area contributed by atoms with Crippen LogP contribution in [0.2, 0.25) is 10.0 Å². The van der Waals surface area contributed by atoms with Crippen LogP contribution in [0.15, 0.2) is 18.2 Å². The van der Waals surface area contributed by atoms with Crippen LogP contribution in [0.5, 0.6) is 0 Å². The quantitative estimate of drug-likeness (QED) is 0.846. The Morgan fingerprint density at radius 2 is 1.94 bits per heavy atom. The minimum Gasteiger partial charge on any atom is -0.367 e. The molecule has 1 saturated carbocycles. The summed E-state index contributed by atoms with van der Waals surface area (Å²) in [6.07, 6.45) is 5.23. The average molecular weight is 285 g/mol. The van der Waals surface area contributed by atoms with E-state index in [1.807, 2.05) is 18.2 Å². The topological polar surface area (TPSA) is 15.3 Å². The van der Waals surface area contributed by atoms with Crippen LogP contribution in [0.4, 0.5) is 5.69 Å². The fourth-order valence-corrected chi connectivity index (χ4v) is 3.68. The van der Waals surface area contributed by atoms with Crippen LogP contribution in [0.1, 0.15) is 25.7 Å². The van der Waals surface area contributed by atoms with Crippen LogP contribution in [0.25, 0.3) is 0 Å². The largest absolute Gasteiger partial charge is 0.367 e. The minimum atomic E-state index is 0.309. The van der Waals surface area contributed by atoms with E-state index in [9.17, 15) is 0 Å². The number of anilines is 1. The molecule has 0 unspecified atom stereocenters. The van der Waals surface area contributed by atoms with E-state index in [4.69, 9.17) is 23.2 Å². The predicted molar refractivity (Wildman–Crippen MR) is 77.9 cm³/mol. The first-order valence-corrected chi connectivity index (χ1v) is 7.39. The molecule has 1 aliphatic carbocycles. The van der Waals surface area contributed by atoms with Gasteiger partial charge < -0.3 is 10.2 Å². The van der Waals surface area contributed by atoms with Gasteiger partial charge in [0.25, 0.3) is 0 Å². The van der Waals surface area contributed by atoms with Crippen molar-refractivity contribution in [2.24, 2.45) is 0 Å². The number of rotatable bonds is 1. The molecule has 1 heterocycles. The third-order valence-electron chi connectivity index (χ3n) is 4.18. The molecular formula is C14H18Cl2N2. The van der Waals surface area contributed by atoms with E-state index in [0.29, 0.717) is 5.54 Å². The summed E-state index contributed by atoms with van der Waals surface area (Å²) in [5.74, 6) is 0. The molecule has 1 spiro atoms. The highest BCUT2D eigenvalue weighted by molar-refractivity contribution is 6.35. The summed E-state index contributed by atoms with van der Waals surface area (Å²) in [5, 5.41) is 5.27. The lowest BCUT2D eigenvalue weighted by atomic mass is 9.94. The Kier molecular flexibility index (Phi) is 3.44. The number of hydrogen-bond donors (Lipinski definition) is 1. The Morgan fingerprint density at radius 1 is 1.17 bits per heavy atom. The summed E-state index contributed by atoms with van der Waals surface area (Å²) in [7, 11) is 0. The molecule has 0 atom stereocenters. The van der Waals surface area contributed by atoms with Crippen LogP contribution >= 0.6 is 23.2 Å². The summed E-state index contributed by atoms with van der Waals surface area (Å²) >= 11 is 12.4. The minimum absolute atomic E-state index is 0.309. The molecular weight excluding hydrogens is 267 g/mol. The molecule has 4 heteroatoms. The van der Waals surface area contributed by atoms with Crippen molar-refractivity contribution in [1.82, 2.24) is 5.32 Å². The van der Waals surface area contributed by atoms with Crippen LogP contribution < -0.4 is 10.2 Å². The van der Waals surface area contributed by atoms with Crippen LogP contribution in [-0.2, 0) is 0 Å². The second-order valence-corrected chi connectivity index (χ2v) is 6.28. The number of hydrogen-bond acceptors (Lipinski definition) is 2. The smallest absolute Gasteiger partial charge is 0.0640 e. The van der Waals surface area contributed by atoms with Crippen molar-refractivity contribution in [3.8, 4) is 0 Å². The van der Waals surface area contributed by atoms with Crippen molar-refractivity contribution in [2.75, 3.05) is 24.5 Å². The van der Waals surface area contributed by atoms with Crippen molar-refractivity contribution in [2.45, 2.75) is 31.2 Å². The van der Waals surface area contributed by atoms with E-state index in [0.717, 1.165) is 35.4 Å². The highest BCUT2D eigenvalue weighted by Gasteiger charge is 2.37. The molecule has 98 valence electrons. The normalized spacial score (nSPS) is 22.7. The Morgan fingerprint density at radius 3 is 2.72 bits per heavy atom. The summed E-state index contributed by atoms with van der Waals surface area (Å²) in [4.78, 5) is 2.38. The maximum atomic E-state index is 6.30. The van der Waals surface area contributed by atoms with Gasteiger partial charge in [0, 0.05) is 30.2 Å².